The number of hydrogen-bond donors (Lipinski definition) is 0. The third-order valence-corrected chi connectivity index (χ3v) is 6.00. The number of aromatic nitrogens is 1. The summed E-state index contributed by atoms with van der Waals surface area (Å²) >= 11 is 1.71. The lowest BCUT2D eigenvalue weighted by Gasteiger charge is -2.22. The quantitative estimate of drug-likeness (QED) is 0.843. The van der Waals surface area contributed by atoms with E-state index in [1.807, 2.05) is 4.90 Å². The van der Waals surface area contributed by atoms with Gasteiger partial charge in [0.15, 0.2) is 0 Å². The van der Waals surface area contributed by atoms with Crippen LogP contribution in [0.25, 0.3) is 0 Å². The number of carbonyl (C=O) groups is 1. The van der Waals surface area contributed by atoms with E-state index in [9.17, 15) is 4.79 Å². The van der Waals surface area contributed by atoms with Crippen LogP contribution < -0.4 is 0 Å². The summed E-state index contributed by atoms with van der Waals surface area (Å²) in [6.07, 6.45) is 3.45. The van der Waals surface area contributed by atoms with Crippen molar-refractivity contribution in [1.29, 1.82) is 0 Å². The van der Waals surface area contributed by atoms with Gasteiger partial charge in [-0.3, -0.25) is 9.69 Å². The van der Waals surface area contributed by atoms with E-state index in [4.69, 9.17) is 4.74 Å². The largest absolute Gasteiger partial charge is 0.375 e. The van der Waals surface area contributed by atoms with E-state index < -0.39 is 0 Å². The minimum absolute atomic E-state index is 0.223. The number of aryl methyl sites for hydroxylation is 1. The summed E-state index contributed by atoms with van der Waals surface area (Å²) in [5, 5.41) is 3.28. The van der Waals surface area contributed by atoms with E-state index in [0.717, 1.165) is 56.5 Å². The van der Waals surface area contributed by atoms with Gasteiger partial charge < -0.3 is 9.64 Å². The zero-order valence-corrected chi connectivity index (χ0v) is 14.6. The fourth-order valence-corrected chi connectivity index (χ4v) is 4.32. The standard InChI is InChI=1S/C17H25N3O2S/c1-12-18-15(11-23-12)9-19-4-5-22-16-10-20(8-14(16)7-19)17(21)6-13-2-3-13/h11,13-14,16H,2-10H2,1H3/t14-,16+/m1/s1. The van der Waals surface area contributed by atoms with Gasteiger partial charge in [-0.25, -0.2) is 4.98 Å². The van der Waals surface area contributed by atoms with Crippen LogP contribution in [0.3, 0.4) is 0 Å². The zero-order chi connectivity index (χ0) is 15.8. The van der Waals surface area contributed by atoms with Gasteiger partial charge in [-0.15, -0.1) is 11.3 Å². The number of carbonyl (C=O) groups excluding carboxylic acids is 1. The van der Waals surface area contributed by atoms with E-state index in [2.05, 4.69) is 22.2 Å². The van der Waals surface area contributed by atoms with Crippen LogP contribution in [-0.2, 0) is 16.1 Å². The first-order valence-electron chi connectivity index (χ1n) is 8.70. The number of likely N-dealkylation sites (tertiary alicyclic amines) is 1. The number of fused-ring (bicyclic) bond motifs is 1. The molecule has 1 saturated carbocycles. The molecule has 2 atom stereocenters. The van der Waals surface area contributed by atoms with Crippen LogP contribution >= 0.6 is 11.3 Å². The van der Waals surface area contributed by atoms with Crippen LogP contribution in [0.4, 0.5) is 0 Å². The van der Waals surface area contributed by atoms with Crippen LogP contribution in [0, 0.1) is 18.8 Å². The van der Waals surface area contributed by atoms with Crippen molar-refractivity contribution in [3.63, 3.8) is 0 Å². The zero-order valence-electron chi connectivity index (χ0n) is 13.7. The molecule has 0 radical (unpaired) electrons. The number of nitrogens with zero attached hydrogens (tertiary/aromatic N) is 3. The Kier molecular flexibility index (Phi) is 4.39. The highest BCUT2D eigenvalue weighted by Crippen LogP contribution is 2.34. The van der Waals surface area contributed by atoms with E-state index >= 15 is 0 Å². The lowest BCUT2D eigenvalue weighted by molar-refractivity contribution is -0.131. The molecule has 2 saturated heterocycles. The van der Waals surface area contributed by atoms with E-state index in [-0.39, 0.29) is 6.10 Å². The number of thiazole rings is 1. The third kappa shape index (κ3) is 3.75. The maximum absolute atomic E-state index is 12.3. The molecule has 3 aliphatic rings. The lowest BCUT2D eigenvalue weighted by Crippen LogP contribution is -2.33. The topological polar surface area (TPSA) is 45.7 Å². The highest BCUT2D eigenvalue weighted by atomic mass is 32.1. The molecule has 1 amide bonds. The fourth-order valence-electron chi connectivity index (χ4n) is 3.72. The molecule has 3 fully saturated rings. The van der Waals surface area contributed by atoms with Gasteiger partial charge in [-0.2, -0.15) is 0 Å². The van der Waals surface area contributed by atoms with Crippen molar-refractivity contribution in [2.24, 2.45) is 11.8 Å². The Morgan fingerprint density at radius 2 is 2.26 bits per heavy atom. The van der Waals surface area contributed by atoms with Crippen molar-refractivity contribution in [2.75, 3.05) is 32.8 Å². The Morgan fingerprint density at radius 1 is 1.39 bits per heavy atom. The molecule has 1 aromatic rings. The number of rotatable bonds is 4. The predicted octanol–water partition coefficient (Wildman–Crippen LogP) is 1.91. The van der Waals surface area contributed by atoms with Crippen molar-refractivity contribution in [1.82, 2.24) is 14.8 Å². The van der Waals surface area contributed by atoms with Gasteiger partial charge in [0.2, 0.25) is 5.91 Å². The molecule has 0 unspecified atom stereocenters. The molecule has 0 bridgehead atoms. The Bertz CT molecular complexity index is 572. The van der Waals surface area contributed by atoms with Crippen molar-refractivity contribution in [2.45, 2.75) is 38.8 Å². The van der Waals surface area contributed by atoms with Crippen LogP contribution in [0.15, 0.2) is 5.38 Å². The van der Waals surface area contributed by atoms with Crippen molar-refractivity contribution in [3.8, 4) is 0 Å². The Hall–Kier alpha value is -0.980. The van der Waals surface area contributed by atoms with Gasteiger partial charge in [-0.05, 0) is 25.7 Å². The minimum atomic E-state index is 0.223. The second kappa shape index (κ2) is 6.49. The summed E-state index contributed by atoms with van der Waals surface area (Å²) in [7, 11) is 0. The second-order valence-electron chi connectivity index (χ2n) is 7.21. The Morgan fingerprint density at radius 3 is 3.00 bits per heavy atom. The maximum Gasteiger partial charge on any atom is 0.222 e. The Balaban J connectivity index is 1.35. The van der Waals surface area contributed by atoms with Gasteiger partial charge in [0.1, 0.15) is 0 Å². The van der Waals surface area contributed by atoms with Crippen molar-refractivity contribution >= 4 is 17.2 Å². The van der Waals surface area contributed by atoms with Crippen LogP contribution in [0.2, 0.25) is 0 Å². The molecule has 23 heavy (non-hydrogen) atoms. The summed E-state index contributed by atoms with van der Waals surface area (Å²) in [5.41, 5.74) is 1.16. The molecule has 0 aromatic carbocycles. The highest BCUT2D eigenvalue weighted by Gasteiger charge is 2.39. The molecule has 5 nitrogen and oxygen atoms in total. The summed E-state index contributed by atoms with van der Waals surface area (Å²) in [5.74, 6) is 1.45. The van der Waals surface area contributed by atoms with Crippen LogP contribution in [-0.4, -0.2) is 59.6 Å². The lowest BCUT2D eigenvalue weighted by atomic mass is 10.1. The normalized spacial score (nSPS) is 28.7. The van der Waals surface area contributed by atoms with Crippen molar-refractivity contribution < 1.29 is 9.53 Å². The average molecular weight is 335 g/mol. The van der Waals surface area contributed by atoms with E-state index in [0.29, 0.717) is 17.7 Å². The molecule has 4 rings (SSSR count). The van der Waals surface area contributed by atoms with Crippen molar-refractivity contribution in [3.05, 3.63) is 16.1 Å². The molecule has 0 spiro atoms. The molecule has 6 heteroatoms. The van der Waals surface area contributed by atoms with Gasteiger partial charge in [0, 0.05) is 50.4 Å². The molecule has 1 aliphatic carbocycles. The predicted molar refractivity (Wildman–Crippen MR) is 89.3 cm³/mol. The summed E-state index contributed by atoms with van der Waals surface area (Å²) in [6.45, 7) is 7.33. The third-order valence-electron chi connectivity index (χ3n) is 5.18. The molecule has 0 N–H and O–H groups in total. The monoisotopic (exact) mass is 335 g/mol. The fraction of sp³-hybridized carbons (Fsp3) is 0.765. The first-order chi connectivity index (χ1) is 11.2. The molecule has 2 aliphatic heterocycles. The first-order valence-corrected chi connectivity index (χ1v) is 9.58. The van der Waals surface area contributed by atoms with Gasteiger partial charge in [0.25, 0.3) is 0 Å². The maximum atomic E-state index is 12.3. The van der Waals surface area contributed by atoms with Crippen LogP contribution in [0.5, 0.6) is 0 Å². The second-order valence-corrected chi connectivity index (χ2v) is 8.27. The SMILES string of the molecule is Cc1nc(CN2CCO[C@H]3CN(C(=O)CC4CC4)C[C@H]3C2)cs1. The smallest absolute Gasteiger partial charge is 0.222 e. The van der Waals surface area contributed by atoms with E-state index in [1.54, 1.807) is 11.3 Å². The molecule has 1 aromatic heterocycles. The highest BCUT2D eigenvalue weighted by molar-refractivity contribution is 7.09. The molecule has 3 heterocycles. The van der Waals surface area contributed by atoms with Crippen LogP contribution in [0.1, 0.15) is 30.0 Å². The number of ether oxygens (including phenoxy) is 1. The average Bonchev–Trinajstić information content (AvgIpc) is 3.16. The molecule has 126 valence electrons. The minimum Gasteiger partial charge on any atom is -0.375 e. The van der Waals surface area contributed by atoms with E-state index in [1.165, 1.54) is 12.8 Å². The number of amides is 1. The number of hydrogen-bond acceptors (Lipinski definition) is 5. The molecular formula is C17H25N3O2S. The molecular weight excluding hydrogens is 310 g/mol. The van der Waals surface area contributed by atoms with Gasteiger partial charge >= 0.3 is 0 Å². The Labute approximate surface area is 141 Å². The summed E-state index contributed by atoms with van der Waals surface area (Å²) in [6, 6.07) is 0. The van der Waals surface area contributed by atoms with Gasteiger partial charge in [0.05, 0.1) is 23.4 Å². The summed E-state index contributed by atoms with van der Waals surface area (Å²) < 4.78 is 6.05. The summed E-state index contributed by atoms with van der Waals surface area (Å²) in [4.78, 5) is 21.4. The first kappa shape index (κ1) is 15.5. The van der Waals surface area contributed by atoms with Gasteiger partial charge in [-0.1, -0.05) is 0 Å².